The molecule has 0 unspecified atom stereocenters. The Morgan fingerprint density at radius 2 is 1.64 bits per heavy atom. The van der Waals surface area contributed by atoms with E-state index >= 15 is 0 Å². The molecule has 0 fully saturated rings. The van der Waals surface area contributed by atoms with Crippen LogP contribution in [0.1, 0.15) is 0 Å². The summed E-state index contributed by atoms with van der Waals surface area (Å²) in [5.74, 6) is 1.42. The molecule has 0 aliphatic heterocycles. The van der Waals surface area contributed by atoms with E-state index in [0.717, 1.165) is 5.69 Å². The van der Waals surface area contributed by atoms with Gasteiger partial charge in [-0.05, 0) is 42.5 Å². The van der Waals surface area contributed by atoms with Gasteiger partial charge in [0.05, 0.1) is 5.02 Å². The molecule has 0 aliphatic carbocycles. The molecule has 1 aromatic heterocycles. The average Bonchev–Trinajstić information content (AvgIpc) is 2.65. The van der Waals surface area contributed by atoms with Gasteiger partial charge in [0.2, 0.25) is 5.88 Å². The fourth-order valence-corrected chi connectivity index (χ4v) is 2.16. The average molecular weight is 355 g/mol. The maximum atomic E-state index is 12.2. The first-order valence-corrected chi connectivity index (χ1v) is 7.90. The lowest BCUT2D eigenvalue weighted by Gasteiger charge is -2.16. The Balaban J connectivity index is 1.62. The summed E-state index contributed by atoms with van der Waals surface area (Å²) < 4.78 is 10.9. The van der Waals surface area contributed by atoms with E-state index in [2.05, 4.69) is 4.98 Å². The summed E-state index contributed by atoms with van der Waals surface area (Å²) in [6, 6.07) is 19.3. The van der Waals surface area contributed by atoms with Crippen molar-refractivity contribution >= 4 is 23.4 Å². The standard InChI is InChI=1S/C19H15ClN2O3/c1-22(15-5-3-2-4-6-15)19(23)25-17-10-8-16(9-11-17)24-18-12-7-14(20)13-21-18/h2-13H,1H3. The van der Waals surface area contributed by atoms with Crippen molar-refractivity contribution in [3.8, 4) is 17.4 Å². The molecule has 0 saturated heterocycles. The van der Waals surface area contributed by atoms with E-state index in [1.807, 2.05) is 30.3 Å². The molecule has 0 aliphatic rings. The van der Waals surface area contributed by atoms with Crippen LogP contribution in [0.2, 0.25) is 5.02 Å². The molecule has 0 N–H and O–H groups in total. The number of hydrogen-bond donors (Lipinski definition) is 0. The van der Waals surface area contributed by atoms with Crippen LogP contribution in [0.15, 0.2) is 72.9 Å². The van der Waals surface area contributed by atoms with Gasteiger partial charge in [0.15, 0.2) is 0 Å². The summed E-state index contributed by atoms with van der Waals surface area (Å²) in [5.41, 5.74) is 0.751. The highest BCUT2D eigenvalue weighted by Crippen LogP contribution is 2.24. The van der Waals surface area contributed by atoms with Crippen LogP contribution in [0.25, 0.3) is 0 Å². The van der Waals surface area contributed by atoms with E-state index < -0.39 is 6.09 Å². The second kappa shape index (κ2) is 7.68. The number of para-hydroxylation sites is 1. The molecule has 25 heavy (non-hydrogen) atoms. The number of carbonyl (C=O) groups is 1. The van der Waals surface area contributed by atoms with E-state index in [-0.39, 0.29) is 0 Å². The lowest BCUT2D eigenvalue weighted by atomic mass is 10.3. The summed E-state index contributed by atoms with van der Waals surface area (Å²) in [5, 5.41) is 0.539. The fraction of sp³-hybridized carbons (Fsp3) is 0.0526. The van der Waals surface area contributed by atoms with E-state index in [0.29, 0.717) is 22.4 Å². The Morgan fingerprint density at radius 3 is 2.28 bits per heavy atom. The normalized spacial score (nSPS) is 10.2. The lowest BCUT2D eigenvalue weighted by molar-refractivity contribution is 0.209. The van der Waals surface area contributed by atoms with E-state index in [4.69, 9.17) is 21.1 Å². The minimum absolute atomic E-state index is 0.421. The van der Waals surface area contributed by atoms with Gasteiger partial charge >= 0.3 is 6.09 Å². The van der Waals surface area contributed by atoms with Gasteiger partial charge in [-0.2, -0.15) is 0 Å². The number of carbonyl (C=O) groups excluding carboxylic acids is 1. The first kappa shape index (κ1) is 16.8. The Kier molecular flexibility index (Phi) is 5.16. The van der Waals surface area contributed by atoms with Gasteiger partial charge in [-0.1, -0.05) is 29.8 Å². The molecule has 0 spiro atoms. The molecule has 6 heteroatoms. The van der Waals surface area contributed by atoms with Crippen LogP contribution < -0.4 is 14.4 Å². The van der Waals surface area contributed by atoms with Crippen LogP contribution in [0.3, 0.4) is 0 Å². The monoisotopic (exact) mass is 354 g/mol. The summed E-state index contributed by atoms with van der Waals surface area (Å²) in [4.78, 5) is 17.7. The van der Waals surface area contributed by atoms with Gasteiger partial charge in [-0.3, -0.25) is 4.90 Å². The molecular formula is C19H15ClN2O3. The Morgan fingerprint density at radius 1 is 0.960 bits per heavy atom. The molecule has 5 nitrogen and oxygen atoms in total. The number of hydrogen-bond acceptors (Lipinski definition) is 4. The van der Waals surface area contributed by atoms with Gasteiger partial charge in [-0.15, -0.1) is 0 Å². The van der Waals surface area contributed by atoms with Crippen molar-refractivity contribution in [1.82, 2.24) is 4.98 Å². The van der Waals surface area contributed by atoms with Gasteiger partial charge in [0.25, 0.3) is 0 Å². The van der Waals surface area contributed by atoms with E-state index in [9.17, 15) is 4.79 Å². The van der Waals surface area contributed by atoms with Crippen LogP contribution in [0.4, 0.5) is 10.5 Å². The highest BCUT2D eigenvalue weighted by atomic mass is 35.5. The van der Waals surface area contributed by atoms with Crippen molar-refractivity contribution < 1.29 is 14.3 Å². The molecular weight excluding hydrogens is 340 g/mol. The Hall–Kier alpha value is -3.05. The van der Waals surface area contributed by atoms with Crippen LogP contribution in [-0.2, 0) is 0 Å². The molecule has 0 atom stereocenters. The van der Waals surface area contributed by atoms with Crippen LogP contribution in [0.5, 0.6) is 17.4 Å². The minimum Gasteiger partial charge on any atom is -0.439 e. The van der Waals surface area contributed by atoms with E-state index in [1.54, 1.807) is 43.4 Å². The number of ether oxygens (including phenoxy) is 2. The second-order valence-corrected chi connectivity index (χ2v) is 5.59. The Bertz CT molecular complexity index is 837. The molecule has 126 valence electrons. The van der Waals surface area contributed by atoms with Gasteiger partial charge in [-0.25, -0.2) is 9.78 Å². The number of aromatic nitrogens is 1. The van der Waals surface area contributed by atoms with Crippen molar-refractivity contribution in [3.63, 3.8) is 0 Å². The summed E-state index contributed by atoms with van der Waals surface area (Å²) in [7, 11) is 1.65. The Labute approximate surface area is 150 Å². The van der Waals surface area contributed by atoms with Crippen LogP contribution >= 0.6 is 11.6 Å². The first-order valence-electron chi connectivity index (χ1n) is 7.52. The molecule has 1 heterocycles. The zero-order valence-corrected chi connectivity index (χ0v) is 14.2. The molecule has 3 rings (SSSR count). The first-order chi connectivity index (χ1) is 12.1. The van der Waals surface area contributed by atoms with Crippen molar-refractivity contribution in [3.05, 3.63) is 77.9 Å². The smallest absolute Gasteiger partial charge is 0.419 e. The summed E-state index contributed by atoms with van der Waals surface area (Å²) in [6.45, 7) is 0. The number of anilines is 1. The number of benzene rings is 2. The third-order valence-corrected chi connectivity index (χ3v) is 3.59. The fourth-order valence-electron chi connectivity index (χ4n) is 2.05. The van der Waals surface area contributed by atoms with Crippen LogP contribution in [0, 0.1) is 0 Å². The minimum atomic E-state index is -0.473. The van der Waals surface area contributed by atoms with Gasteiger partial charge in [0.1, 0.15) is 11.5 Å². The molecule has 0 saturated carbocycles. The number of rotatable bonds is 4. The molecule has 3 aromatic rings. The van der Waals surface area contributed by atoms with Crippen molar-refractivity contribution in [2.75, 3.05) is 11.9 Å². The number of nitrogens with zero attached hydrogens (tertiary/aromatic N) is 2. The third kappa shape index (κ3) is 4.49. The zero-order chi connectivity index (χ0) is 17.6. The predicted octanol–water partition coefficient (Wildman–Crippen LogP) is 5.16. The molecule has 2 aromatic carbocycles. The number of pyridine rings is 1. The van der Waals surface area contributed by atoms with Gasteiger partial charge in [0, 0.05) is 25.0 Å². The highest BCUT2D eigenvalue weighted by Gasteiger charge is 2.13. The summed E-state index contributed by atoms with van der Waals surface area (Å²) >= 11 is 5.78. The molecule has 1 amide bonds. The second-order valence-electron chi connectivity index (χ2n) is 5.15. The van der Waals surface area contributed by atoms with Crippen LogP contribution in [-0.4, -0.2) is 18.1 Å². The third-order valence-electron chi connectivity index (χ3n) is 3.37. The van der Waals surface area contributed by atoms with Crippen molar-refractivity contribution in [2.45, 2.75) is 0 Å². The topological polar surface area (TPSA) is 51.7 Å². The quantitative estimate of drug-likeness (QED) is 0.649. The zero-order valence-electron chi connectivity index (χ0n) is 13.4. The van der Waals surface area contributed by atoms with Crippen molar-refractivity contribution in [1.29, 1.82) is 0 Å². The van der Waals surface area contributed by atoms with Crippen molar-refractivity contribution in [2.24, 2.45) is 0 Å². The largest absolute Gasteiger partial charge is 0.439 e. The number of amides is 1. The molecule has 0 bridgehead atoms. The SMILES string of the molecule is CN(C(=O)Oc1ccc(Oc2ccc(Cl)cn2)cc1)c1ccccc1. The maximum absolute atomic E-state index is 12.2. The highest BCUT2D eigenvalue weighted by molar-refractivity contribution is 6.30. The van der Waals surface area contributed by atoms with E-state index in [1.165, 1.54) is 11.1 Å². The summed E-state index contributed by atoms with van der Waals surface area (Å²) in [6.07, 6.45) is 1.03. The predicted molar refractivity (Wildman–Crippen MR) is 96.6 cm³/mol. The number of halogens is 1. The maximum Gasteiger partial charge on any atom is 0.419 e. The molecule has 0 radical (unpaired) electrons. The van der Waals surface area contributed by atoms with Gasteiger partial charge < -0.3 is 9.47 Å². The lowest BCUT2D eigenvalue weighted by Crippen LogP contribution is -2.29.